The Hall–Kier alpha value is -3.27. The van der Waals surface area contributed by atoms with Crippen molar-refractivity contribution in [2.75, 3.05) is 38.5 Å². The summed E-state index contributed by atoms with van der Waals surface area (Å²) >= 11 is 1.36. The van der Waals surface area contributed by atoms with Crippen LogP contribution in [0, 0.1) is 0 Å². The van der Waals surface area contributed by atoms with Crippen LogP contribution in [0.3, 0.4) is 0 Å². The Bertz CT molecular complexity index is 1160. The van der Waals surface area contributed by atoms with Gasteiger partial charge in [-0.2, -0.15) is 0 Å². The second kappa shape index (κ2) is 11.2. The van der Waals surface area contributed by atoms with Gasteiger partial charge in [0, 0.05) is 31.7 Å². The summed E-state index contributed by atoms with van der Waals surface area (Å²) < 4.78 is 12.6. The molecule has 1 saturated heterocycles. The Balaban J connectivity index is 1.46. The third kappa shape index (κ3) is 6.10. The van der Waals surface area contributed by atoms with Crippen molar-refractivity contribution in [3.05, 3.63) is 54.0 Å². The van der Waals surface area contributed by atoms with Crippen LogP contribution in [-0.4, -0.2) is 75.1 Å². The van der Waals surface area contributed by atoms with Crippen molar-refractivity contribution in [2.24, 2.45) is 0 Å². The second-order valence-electron chi connectivity index (χ2n) is 9.65. The molecule has 4 rings (SSSR count). The number of hydrogen-bond acceptors (Lipinski definition) is 7. The molecule has 2 amide bonds. The second-order valence-corrected chi connectivity index (χ2v) is 10.6. The Morgan fingerprint density at radius 2 is 1.72 bits per heavy atom. The van der Waals surface area contributed by atoms with Gasteiger partial charge in [-0.3, -0.25) is 9.36 Å². The molecule has 0 saturated carbocycles. The number of nitrogens with zero attached hydrogens (tertiary/aromatic N) is 5. The Morgan fingerprint density at radius 1 is 1.03 bits per heavy atom. The van der Waals surface area contributed by atoms with E-state index in [1.165, 1.54) is 17.3 Å². The molecule has 1 fully saturated rings. The van der Waals surface area contributed by atoms with Crippen molar-refractivity contribution in [3.8, 4) is 11.4 Å². The van der Waals surface area contributed by atoms with Crippen LogP contribution in [0.15, 0.2) is 52.2 Å². The minimum absolute atomic E-state index is 0.00661. The zero-order chi connectivity index (χ0) is 25.7. The average Bonchev–Trinajstić information content (AvgIpc) is 3.53. The summed E-state index contributed by atoms with van der Waals surface area (Å²) in [6.45, 7) is 11.1. The van der Waals surface area contributed by atoms with Crippen molar-refractivity contribution >= 4 is 23.8 Å². The lowest BCUT2D eigenvalue weighted by Crippen LogP contribution is -2.51. The molecule has 1 aromatic carbocycles. The van der Waals surface area contributed by atoms with Crippen molar-refractivity contribution < 1.29 is 18.7 Å². The molecule has 0 radical (unpaired) electrons. The van der Waals surface area contributed by atoms with E-state index in [-0.39, 0.29) is 23.2 Å². The molecule has 0 atom stereocenters. The number of carbonyl (C=O) groups is 2. The summed E-state index contributed by atoms with van der Waals surface area (Å²) in [5.74, 6) is 1.75. The van der Waals surface area contributed by atoms with Gasteiger partial charge >= 0.3 is 6.09 Å². The maximum atomic E-state index is 12.9. The minimum Gasteiger partial charge on any atom is -0.467 e. The van der Waals surface area contributed by atoms with Crippen LogP contribution in [0.25, 0.3) is 11.4 Å². The number of carbonyl (C=O) groups excluding carboxylic acids is 2. The monoisotopic (exact) mass is 511 g/mol. The maximum Gasteiger partial charge on any atom is 0.409 e. The van der Waals surface area contributed by atoms with Gasteiger partial charge in [0.1, 0.15) is 5.76 Å². The van der Waals surface area contributed by atoms with Crippen molar-refractivity contribution in [1.82, 2.24) is 24.6 Å². The number of amides is 2. The molecule has 1 aliphatic heterocycles. The molecule has 192 valence electrons. The van der Waals surface area contributed by atoms with Gasteiger partial charge < -0.3 is 19.0 Å². The number of furan rings is 1. The lowest BCUT2D eigenvalue weighted by molar-refractivity contribution is -0.129. The number of thioether (sulfide) groups is 1. The largest absolute Gasteiger partial charge is 0.467 e. The SMILES string of the molecule is CCOC(=O)N1CCN(C(=O)CSc2nnc(-c3ccc(C(C)(C)C)cc3)n2Cc2ccco2)CC1. The molecule has 2 aromatic heterocycles. The molecule has 0 spiro atoms. The summed E-state index contributed by atoms with van der Waals surface area (Å²) in [6, 6.07) is 12.1. The molecular formula is C26H33N5O4S. The number of benzene rings is 1. The van der Waals surface area contributed by atoms with Gasteiger partial charge in [-0.25, -0.2) is 4.79 Å². The number of rotatable bonds is 7. The lowest BCUT2D eigenvalue weighted by atomic mass is 9.87. The smallest absolute Gasteiger partial charge is 0.409 e. The highest BCUT2D eigenvalue weighted by atomic mass is 32.2. The fourth-order valence-corrected chi connectivity index (χ4v) is 4.84. The zero-order valence-corrected chi connectivity index (χ0v) is 22.1. The molecule has 9 nitrogen and oxygen atoms in total. The van der Waals surface area contributed by atoms with Crippen molar-refractivity contribution in [3.63, 3.8) is 0 Å². The summed E-state index contributed by atoms with van der Waals surface area (Å²) in [4.78, 5) is 28.2. The molecule has 0 N–H and O–H groups in total. The fourth-order valence-electron chi connectivity index (χ4n) is 4.00. The van der Waals surface area contributed by atoms with Crippen LogP contribution in [0.5, 0.6) is 0 Å². The van der Waals surface area contributed by atoms with Crippen LogP contribution >= 0.6 is 11.8 Å². The van der Waals surface area contributed by atoms with Crippen molar-refractivity contribution in [2.45, 2.75) is 44.8 Å². The lowest BCUT2D eigenvalue weighted by Gasteiger charge is -2.34. The van der Waals surface area contributed by atoms with Crippen LogP contribution in [-0.2, 0) is 21.5 Å². The van der Waals surface area contributed by atoms with Crippen LogP contribution < -0.4 is 0 Å². The Labute approximate surface area is 215 Å². The number of piperazine rings is 1. The van der Waals surface area contributed by atoms with Gasteiger partial charge in [0.25, 0.3) is 0 Å². The summed E-state index contributed by atoms with van der Waals surface area (Å²) in [7, 11) is 0. The van der Waals surface area contributed by atoms with E-state index in [2.05, 4.69) is 55.2 Å². The molecule has 36 heavy (non-hydrogen) atoms. The van der Waals surface area contributed by atoms with Gasteiger partial charge in [0.15, 0.2) is 11.0 Å². The standard InChI is InChI=1S/C26H33N5O4S/c1-5-34-25(33)30-14-12-29(13-15-30)22(32)18-36-24-28-27-23(31(24)17-21-7-6-16-35-21)19-8-10-20(11-9-19)26(2,3)4/h6-11,16H,5,12-15,17-18H2,1-4H3. The summed E-state index contributed by atoms with van der Waals surface area (Å²) in [6.07, 6.45) is 1.32. The summed E-state index contributed by atoms with van der Waals surface area (Å²) in [5, 5.41) is 9.53. The number of aromatic nitrogens is 3. The van der Waals surface area contributed by atoms with Crippen LogP contribution in [0.4, 0.5) is 4.79 Å². The normalized spacial score (nSPS) is 14.2. The molecule has 0 aliphatic carbocycles. The summed E-state index contributed by atoms with van der Waals surface area (Å²) in [5.41, 5.74) is 2.26. The van der Waals surface area contributed by atoms with E-state index in [9.17, 15) is 9.59 Å². The van der Waals surface area contributed by atoms with E-state index in [0.717, 1.165) is 17.1 Å². The van der Waals surface area contributed by atoms with Gasteiger partial charge in [-0.05, 0) is 30.0 Å². The van der Waals surface area contributed by atoms with Gasteiger partial charge in [0.2, 0.25) is 5.91 Å². The van der Waals surface area contributed by atoms with Gasteiger partial charge in [-0.1, -0.05) is 56.8 Å². The topological polar surface area (TPSA) is 93.7 Å². The van der Waals surface area contributed by atoms with Gasteiger partial charge in [0.05, 0.1) is 25.2 Å². The first-order valence-electron chi connectivity index (χ1n) is 12.1. The zero-order valence-electron chi connectivity index (χ0n) is 21.3. The highest BCUT2D eigenvalue weighted by Gasteiger charge is 2.26. The van der Waals surface area contributed by atoms with E-state index < -0.39 is 0 Å². The average molecular weight is 512 g/mol. The number of ether oxygens (including phenoxy) is 1. The first kappa shape index (κ1) is 25.8. The number of hydrogen-bond donors (Lipinski definition) is 0. The predicted octanol–water partition coefficient (Wildman–Crippen LogP) is 4.28. The molecule has 0 bridgehead atoms. The fraction of sp³-hybridized carbons (Fsp3) is 0.462. The molecule has 10 heteroatoms. The molecule has 0 unspecified atom stereocenters. The van der Waals surface area contributed by atoms with E-state index in [1.807, 2.05) is 16.7 Å². The minimum atomic E-state index is -0.326. The highest BCUT2D eigenvalue weighted by molar-refractivity contribution is 7.99. The Morgan fingerprint density at radius 3 is 2.33 bits per heavy atom. The van der Waals surface area contributed by atoms with Crippen LogP contribution in [0.2, 0.25) is 0 Å². The molecular weight excluding hydrogens is 478 g/mol. The van der Waals surface area contributed by atoms with Gasteiger partial charge in [-0.15, -0.1) is 10.2 Å². The quantitative estimate of drug-likeness (QED) is 0.437. The van der Waals surface area contributed by atoms with E-state index in [0.29, 0.717) is 44.5 Å². The van der Waals surface area contributed by atoms with Crippen LogP contribution in [0.1, 0.15) is 39.0 Å². The predicted molar refractivity (Wildman–Crippen MR) is 138 cm³/mol. The molecule has 1 aliphatic rings. The van der Waals surface area contributed by atoms with E-state index in [1.54, 1.807) is 23.0 Å². The highest BCUT2D eigenvalue weighted by Crippen LogP contribution is 2.28. The third-order valence-electron chi connectivity index (χ3n) is 6.10. The maximum absolute atomic E-state index is 12.9. The van der Waals surface area contributed by atoms with Crippen molar-refractivity contribution in [1.29, 1.82) is 0 Å². The molecule has 3 aromatic rings. The first-order valence-corrected chi connectivity index (χ1v) is 13.1. The first-order chi connectivity index (χ1) is 17.3. The molecule has 3 heterocycles. The Kier molecular flexibility index (Phi) is 8.03. The van der Waals surface area contributed by atoms with E-state index in [4.69, 9.17) is 9.15 Å². The third-order valence-corrected chi connectivity index (χ3v) is 7.05. The van der Waals surface area contributed by atoms with E-state index >= 15 is 0 Å².